The van der Waals surface area contributed by atoms with Gasteiger partial charge in [-0.25, -0.2) is 4.98 Å². The van der Waals surface area contributed by atoms with Gasteiger partial charge in [0.1, 0.15) is 10.3 Å². The van der Waals surface area contributed by atoms with Gasteiger partial charge in [0.05, 0.1) is 0 Å². The van der Waals surface area contributed by atoms with Crippen molar-refractivity contribution in [3.8, 4) is 0 Å². The van der Waals surface area contributed by atoms with Crippen LogP contribution in [0.1, 0.15) is 0 Å². The molecule has 3 rings (SSSR count). The Bertz CT molecular complexity index is 521. The van der Waals surface area contributed by atoms with Crippen molar-refractivity contribution in [1.29, 1.82) is 0 Å². The number of rotatable bonds is 0. The van der Waals surface area contributed by atoms with Gasteiger partial charge >= 0.3 is 0 Å². The number of hydrogen-bond donors (Lipinski definition) is 0. The van der Waals surface area contributed by atoms with Gasteiger partial charge in [-0.1, -0.05) is 18.2 Å². The molecule has 0 aliphatic carbocycles. The smallest absolute Gasteiger partial charge is 0.143 e. The molecule has 62 valence electrons. The molecule has 0 saturated heterocycles. The Morgan fingerprint density at radius 2 is 1.85 bits per heavy atom. The van der Waals surface area contributed by atoms with Gasteiger partial charge < -0.3 is 0 Å². The summed E-state index contributed by atoms with van der Waals surface area (Å²) in [6.45, 7) is 0. The average Bonchev–Trinajstić information content (AvgIpc) is 2.56. The summed E-state index contributed by atoms with van der Waals surface area (Å²) in [5.41, 5.74) is 1.02. The molecule has 0 unspecified atom stereocenters. The largest absolute Gasteiger partial charge is 0.251 e. The first-order valence-corrected chi connectivity index (χ1v) is 4.85. The fourth-order valence-electron chi connectivity index (χ4n) is 1.44. The first-order valence-electron chi connectivity index (χ1n) is 4.03. The van der Waals surface area contributed by atoms with Crippen LogP contribution in [0.5, 0.6) is 0 Å². The summed E-state index contributed by atoms with van der Waals surface area (Å²) in [6, 6.07) is 8.26. The summed E-state index contributed by atoms with van der Waals surface area (Å²) >= 11 is 1.69. The Kier molecular flexibility index (Phi) is 1.34. The number of nitrogens with zero attached hydrogens (tertiary/aromatic N) is 2. The van der Waals surface area contributed by atoms with Crippen LogP contribution in [0.2, 0.25) is 0 Å². The van der Waals surface area contributed by atoms with E-state index in [4.69, 9.17) is 0 Å². The van der Waals surface area contributed by atoms with Crippen LogP contribution in [-0.2, 0) is 0 Å². The van der Waals surface area contributed by atoms with Crippen LogP contribution in [0.15, 0.2) is 36.7 Å². The number of fused-ring (bicyclic) bond motifs is 3. The maximum atomic E-state index is 4.32. The van der Waals surface area contributed by atoms with E-state index in [0.717, 1.165) is 10.3 Å². The van der Waals surface area contributed by atoms with Gasteiger partial charge in [-0.05, 0) is 6.07 Å². The molecular formula is C10H6N2S. The van der Waals surface area contributed by atoms with Crippen LogP contribution in [0.4, 0.5) is 0 Å². The van der Waals surface area contributed by atoms with Gasteiger partial charge in [0, 0.05) is 22.5 Å². The normalized spacial score (nSPS) is 11.1. The highest BCUT2D eigenvalue weighted by Crippen LogP contribution is 2.29. The minimum Gasteiger partial charge on any atom is -0.251 e. The monoisotopic (exact) mass is 186 g/mol. The molecule has 0 atom stereocenters. The summed E-state index contributed by atoms with van der Waals surface area (Å²) in [5.74, 6) is 0. The fraction of sp³-hybridized carbons (Fsp3) is 0. The predicted octanol–water partition coefficient (Wildman–Crippen LogP) is 2.84. The minimum atomic E-state index is 1.02. The SMILES string of the molecule is c1ccc2c(c1)sc1nccnc12. The number of thiophene rings is 1. The second-order valence-electron chi connectivity index (χ2n) is 2.81. The van der Waals surface area contributed by atoms with Gasteiger partial charge in [-0.15, -0.1) is 11.3 Å². The van der Waals surface area contributed by atoms with Crippen LogP contribution >= 0.6 is 11.3 Å². The lowest BCUT2D eigenvalue weighted by atomic mass is 10.2. The molecule has 0 radical (unpaired) electrons. The molecule has 0 aliphatic rings. The van der Waals surface area contributed by atoms with Gasteiger partial charge in [-0.2, -0.15) is 0 Å². The molecule has 0 spiro atoms. The lowest BCUT2D eigenvalue weighted by Crippen LogP contribution is -1.74. The molecule has 2 aromatic heterocycles. The van der Waals surface area contributed by atoms with Crippen molar-refractivity contribution >= 4 is 31.8 Å². The van der Waals surface area contributed by atoms with E-state index in [2.05, 4.69) is 22.1 Å². The van der Waals surface area contributed by atoms with Crippen molar-refractivity contribution in [3.05, 3.63) is 36.7 Å². The van der Waals surface area contributed by atoms with Crippen LogP contribution in [-0.4, -0.2) is 9.97 Å². The standard InChI is InChI=1S/C10H6N2S/c1-2-4-8-7(3-1)9-10(13-8)12-6-5-11-9/h1-6H. The van der Waals surface area contributed by atoms with Crippen molar-refractivity contribution in [2.24, 2.45) is 0 Å². The summed E-state index contributed by atoms with van der Waals surface area (Å²) < 4.78 is 1.25. The molecule has 2 nitrogen and oxygen atoms in total. The van der Waals surface area contributed by atoms with E-state index in [9.17, 15) is 0 Å². The van der Waals surface area contributed by atoms with Crippen molar-refractivity contribution < 1.29 is 0 Å². The molecule has 3 heteroatoms. The Labute approximate surface area is 78.9 Å². The van der Waals surface area contributed by atoms with E-state index >= 15 is 0 Å². The maximum Gasteiger partial charge on any atom is 0.143 e. The van der Waals surface area contributed by atoms with Gasteiger partial charge in [-0.3, -0.25) is 4.98 Å². The molecule has 0 aliphatic heterocycles. The quantitative estimate of drug-likeness (QED) is 0.539. The van der Waals surface area contributed by atoms with E-state index in [0.29, 0.717) is 0 Å². The second-order valence-corrected chi connectivity index (χ2v) is 3.84. The number of aromatic nitrogens is 2. The first-order chi connectivity index (χ1) is 6.45. The summed E-state index contributed by atoms with van der Waals surface area (Å²) in [6.07, 6.45) is 3.47. The fourth-order valence-corrected chi connectivity index (χ4v) is 2.44. The van der Waals surface area contributed by atoms with Crippen molar-refractivity contribution in [3.63, 3.8) is 0 Å². The van der Waals surface area contributed by atoms with E-state index in [1.807, 2.05) is 12.1 Å². The van der Waals surface area contributed by atoms with Crippen molar-refractivity contribution in [1.82, 2.24) is 9.97 Å². The lowest BCUT2D eigenvalue weighted by Gasteiger charge is -1.86. The maximum absolute atomic E-state index is 4.32. The Morgan fingerprint density at radius 1 is 1.00 bits per heavy atom. The molecule has 2 heterocycles. The van der Waals surface area contributed by atoms with E-state index < -0.39 is 0 Å². The number of hydrogen-bond acceptors (Lipinski definition) is 3. The second kappa shape index (κ2) is 2.50. The van der Waals surface area contributed by atoms with Crippen LogP contribution in [0, 0.1) is 0 Å². The zero-order valence-electron chi connectivity index (χ0n) is 6.77. The summed E-state index contributed by atoms with van der Waals surface area (Å²) in [5, 5.41) is 1.20. The molecule has 0 bridgehead atoms. The minimum absolute atomic E-state index is 1.02. The Balaban J connectivity index is 2.64. The molecule has 0 fully saturated rings. The zero-order chi connectivity index (χ0) is 8.67. The molecule has 0 saturated carbocycles. The Hall–Kier alpha value is -1.48. The molecule has 0 N–H and O–H groups in total. The average molecular weight is 186 g/mol. The molecule has 13 heavy (non-hydrogen) atoms. The first kappa shape index (κ1) is 6.97. The van der Waals surface area contributed by atoms with Gasteiger partial charge in [0.25, 0.3) is 0 Å². The summed E-state index contributed by atoms with van der Waals surface area (Å²) in [4.78, 5) is 9.61. The van der Waals surface area contributed by atoms with Crippen LogP contribution in [0.25, 0.3) is 20.4 Å². The third-order valence-corrected chi connectivity index (χ3v) is 3.08. The highest BCUT2D eigenvalue weighted by atomic mass is 32.1. The Morgan fingerprint density at radius 3 is 2.85 bits per heavy atom. The van der Waals surface area contributed by atoms with Crippen molar-refractivity contribution in [2.75, 3.05) is 0 Å². The van der Waals surface area contributed by atoms with E-state index in [1.54, 1.807) is 23.7 Å². The van der Waals surface area contributed by atoms with Crippen LogP contribution in [0.3, 0.4) is 0 Å². The van der Waals surface area contributed by atoms with E-state index in [-0.39, 0.29) is 0 Å². The van der Waals surface area contributed by atoms with Gasteiger partial charge in [0.2, 0.25) is 0 Å². The third-order valence-electron chi connectivity index (χ3n) is 2.01. The zero-order valence-corrected chi connectivity index (χ0v) is 7.58. The van der Waals surface area contributed by atoms with Crippen molar-refractivity contribution in [2.45, 2.75) is 0 Å². The predicted molar refractivity (Wildman–Crippen MR) is 54.9 cm³/mol. The molecule has 1 aromatic carbocycles. The number of benzene rings is 1. The van der Waals surface area contributed by atoms with Gasteiger partial charge in [0.15, 0.2) is 0 Å². The lowest BCUT2D eigenvalue weighted by molar-refractivity contribution is 1.32. The third kappa shape index (κ3) is 0.939. The topological polar surface area (TPSA) is 25.8 Å². The van der Waals surface area contributed by atoms with E-state index in [1.165, 1.54) is 10.1 Å². The molecule has 0 amide bonds. The highest BCUT2D eigenvalue weighted by Gasteiger charge is 2.04. The highest BCUT2D eigenvalue weighted by molar-refractivity contribution is 7.25. The summed E-state index contributed by atoms with van der Waals surface area (Å²) in [7, 11) is 0. The van der Waals surface area contributed by atoms with Crippen LogP contribution < -0.4 is 0 Å². The molecular weight excluding hydrogens is 180 g/mol. The molecule has 3 aromatic rings.